The molecule has 0 amide bonds. The Balaban J connectivity index is 2.12. The van der Waals surface area contributed by atoms with Crippen molar-refractivity contribution in [1.29, 1.82) is 0 Å². The molecule has 0 fully saturated rings. The zero-order chi connectivity index (χ0) is 15.5. The van der Waals surface area contributed by atoms with Gasteiger partial charge >= 0.3 is 12.1 Å². The van der Waals surface area contributed by atoms with Crippen LogP contribution in [0.3, 0.4) is 0 Å². The van der Waals surface area contributed by atoms with Gasteiger partial charge in [0.25, 0.3) is 0 Å². The molecule has 0 N–H and O–H groups in total. The van der Waals surface area contributed by atoms with Crippen molar-refractivity contribution in [3.63, 3.8) is 0 Å². The summed E-state index contributed by atoms with van der Waals surface area (Å²) in [6.45, 7) is -0.222. The third kappa shape index (κ3) is 3.87. The minimum atomic E-state index is -4.55. The van der Waals surface area contributed by atoms with Gasteiger partial charge in [-0.2, -0.15) is 13.2 Å². The highest BCUT2D eigenvalue weighted by atomic mass is 32.2. The normalized spacial score (nSPS) is 11.4. The molecular formula is C9H7F3N6O2S. The molecule has 0 unspecified atom stereocenters. The van der Waals surface area contributed by atoms with Gasteiger partial charge in [0.15, 0.2) is 5.69 Å². The van der Waals surface area contributed by atoms with Gasteiger partial charge in [-0.3, -0.25) is 4.79 Å². The third-order valence-electron chi connectivity index (χ3n) is 2.13. The van der Waals surface area contributed by atoms with E-state index >= 15 is 0 Å². The number of nitrogens with zero attached hydrogens (tertiary/aromatic N) is 6. The maximum absolute atomic E-state index is 12.3. The molecule has 21 heavy (non-hydrogen) atoms. The van der Waals surface area contributed by atoms with Crippen molar-refractivity contribution in [1.82, 2.24) is 30.4 Å². The highest BCUT2D eigenvalue weighted by Gasteiger charge is 2.32. The fraction of sp³-hybridized carbons (Fsp3) is 0.333. The molecule has 112 valence electrons. The second-order valence-corrected chi connectivity index (χ2v) is 4.54. The SMILES string of the molecule is COC(=O)Cn1nnnc1Sc1ccc(C(F)(F)F)nn1. The van der Waals surface area contributed by atoms with Crippen LogP contribution >= 0.6 is 11.8 Å². The molecule has 0 aliphatic heterocycles. The lowest BCUT2D eigenvalue weighted by Crippen LogP contribution is -2.14. The van der Waals surface area contributed by atoms with Gasteiger partial charge in [-0.05, 0) is 34.3 Å². The van der Waals surface area contributed by atoms with Crippen molar-refractivity contribution < 1.29 is 22.7 Å². The zero-order valence-corrected chi connectivity index (χ0v) is 11.2. The number of rotatable bonds is 4. The molecule has 0 bridgehead atoms. The Morgan fingerprint density at radius 1 is 1.33 bits per heavy atom. The van der Waals surface area contributed by atoms with Crippen molar-refractivity contribution in [2.45, 2.75) is 22.9 Å². The van der Waals surface area contributed by atoms with Gasteiger partial charge in [0.2, 0.25) is 5.16 Å². The fourth-order valence-corrected chi connectivity index (χ4v) is 1.86. The van der Waals surface area contributed by atoms with E-state index in [1.165, 1.54) is 7.11 Å². The van der Waals surface area contributed by atoms with Gasteiger partial charge in [-0.15, -0.1) is 15.3 Å². The van der Waals surface area contributed by atoms with Crippen LogP contribution in [-0.4, -0.2) is 43.5 Å². The first-order valence-corrected chi connectivity index (χ1v) is 6.13. The summed E-state index contributed by atoms with van der Waals surface area (Å²) in [6, 6.07) is 1.93. The molecule has 2 aromatic heterocycles. The van der Waals surface area contributed by atoms with E-state index < -0.39 is 17.8 Å². The van der Waals surface area contributed by atoms with Crippen LogP contribution in [0.5, 0.6) is 0 Å². The van der Waals surface area contributed by atoms with E-state index in [1.807, 2.05) is 0 Å². The van der Waals surface area contributed by atoms with Crippen molar-refractivity contribution >= 4 is 17.7 Å². The first kappa shape index (κ1) is 15.2. The molecule has 0 aromatic carbocycles. The van der Waals surface area contributed by atoms with Crippen molar-refractivity contribution in [3.8, 4) is 0 Å². The quantitative estimate of drug-likeness (QED) is 0.764. The number of hydrogen-bond donors (Lipinski definition) is 0. The Morgan fingerprint density at radius 2 is 2.10 bits per heavy atom. The van der Waals surface area contributed by atoms with Crippen molar-refractivity contribution in [2.24, 2.45) is 0 Å². The third-order valence-corrected chi connectivity index (χ3v) is 3.03. The monoisotopic (exact) mass is 320 g/mol. The first-order chi connectivity index (χ1) is 9.90. The molecule has 0 saturated heterocycles. The van der Waals surface area contributed by atoms with Crippen LogP contribution in [0.2, 0.25) is 0 Å². The number of carbonyl (C=O) groups is 1. The van der Waals surface area contributed by atoms with Gasteiger partial charge in [-0.25, -0.2) is 4.68 Å². The maximum Gasteiger partial charge on any atom is 0.435 e. The lowest BCUT2D eigenvalue weighted by Gasteiger charge is -2.05. The summed E-state index contributed by atoms with van der Waals surface area (Å²) in [5.41, 5.74) is -1.10. The van der Waals surface area contributed by atoms with Crippen LogP contribution in [-0.2, 0) is 22.3 Å². The number of esters is 1. The number of tetrazole rings is 1. The Hall–Kier alpha value is -2.24. The molecule has 8 nitrogen and oxygen atoms in total. The molecule has 12 heteroatoms. The van der Waals surface area contributed by atoms with E-state index in [2.05, 4.69) is 30.5 Å². The number of aromatic nitrogens is 6. The largest absolute Gasteiger partial charge is 0.468 e. The van der Waals surface area contributed by atoms with Crippen molar-refractivity contribution in [2.75, 3.05) is 7.11 Å². The van der Waals surface area contributed by atoms with E-state index in [9.17, 15) is 18.0 Å². The number of methoxy groups -OCH3 is 1. The van der Waals surface area contributed by atoms with E-state index in [-0.39, 0.29) is 16.7 Å². The summed E-state index contributed by atoms with van der Waals surface area (Å²) in [4.78, 5) is 11.1. The lowest BCUT2D eigenvalue weighted by molar-refractivity contribution is -0.142. The molecule has 2 heterocycles. The summed E-state index contributed by atoms with van der Waals surface area (Å²) >= 11 is 0.871. The highest BCUT2D eigenvalue weighted by molar-refractivity contribution is 7.99. The minimum Gasteiger partial charge on any atom is -0.468 e. The molecule has 2 rings (SSSR count). The maximum atomic E-state index is 12.3. The smallest absolute Gasteiger partial charge is 0.435 e. The van der Waals surface area contributed by atoms with Gasteiger partial charge < -0.3 is 4.74 Å². The Bertz CT molecular complexity index is 629. The minimum absolute atomic E-state index is 0.156. The summed E-state index contributed by atoms with van der Waals surface area (Å²) in [5, 5.41) is 17.4. The molecule has 0 atom stereocenters. The van der Waals surface area contributed by atoms with Crippen LogP contribution in [0.15, 0.2) is 22.3 Å². The highest BCUT2D eigenvalue weighted by Crippen LogP contribution is 2.29. The summed E-state index contributed by atoms with van der Waals surface area (Å²) in [5.74, 6) is -0.567. The van der Waals surface area contributed by atoms with E-state index in [4.69, 9.17) is 0 Å². The van der Waals surface area contributed by atoms with Gasteiger partial charge in [0, 0.05) is 0 Å². The summed E-state index contributed by atoms with van der Waals surface area (Å²) in [6.07, 6.45) is -4.55. The van der Waals surface area contributed by atoms with E-state index in [0.29, 0.717) is 0 Å². The van der Waals surface area contributed by atoms with Crippen LogP contribution in [0.4, 0.5) is 13.2 Å². The average Bonchev–Trinajstić information content (AvgIpc) is 2.85. The Morgan fingerprint density at radius 3 is 2.67 bits per heavy atom. The molecule has 0 aliphatic carbocycles. The van der Waals surface area contributed by atoms with Crippen molar-refractivity contribution in [3.05, 3.63) is 17.8 Å². The summed E-state index contributed by atoms with van der Waals surface area (Å²) in [7, 11) is 1.21. The molecule has 0 saturated carbocycles. The second kappa shape index (κ2) is 6.03. The number of hydrogen-bond acceptors (Lipinski definition) is 8. The van der Waals surface area contributed by atoms with Crippen LogP contribution in [0, 0.1) is 0 Å². The number of alkyl halides is 3. The summed E-state index contributed by atoms with van der Waals surface area (Å²) < 4.78 is 42.6. The number of ether oxygens (including phenoxy) is 1. The van der Waals surface area contributed by atoms with E-state index in [0.717, 1.165) is 28.6 Å². The molecule has 0 spiro atoms. The Labute approximate surface area is 119 Å². The molecular weight excluding hydrogens is 313 g/mol. The van der Waals surface area contributed by atoms with Gasteiger partial charge in [-0.1, -0.05) is 0 Å². The number of carbonyl (C=O) groups excluding carboxylic acids is 1. The standard InChI is InChI=1S/C9H7F3N6O2S/c1-20-7(19)4-18-8(15-16-17-18)21-6-3-2-5(13-14-6)9(10,11)12/h2-3H,4H2,1H3. The predicted molar refractivity (Wildman–Crippen MR) is 61.0 cm³/mol. The molecule has 0 radical (unpaired) electrons. The molecule has 0 aliphatic rings. The van der Waals surface area contributed by atoms with Crippen LogP contribution < -0.4 is 0 Å². The predicted octanol–water partition coefficient (Wildman–Crippen LogP) is 0.806. The van der Waals surface area contributed by atoms with Crippen LogP contribution in [0.1, 0.15) is 5.69 Å². The fourth-order valence-electron chi connectivity index (χ4n) is 1.17. The molecule has 2 aromatic rings. The first-order valence-electron chi connectivity index (χ1n) is 5.32. The van der Waals surface area contributed by atoms with E-state index in [1.54, 1.807) is 0 Å². The van der Waals surface area contributed by atoms with Gasteiger partial charge in [0.05, 0.1) is 7.11 Å². The van der Waals surface area contributed by atoms with Gasteiger partial charge in [0.1, 0.15) is 11.6 Å². The average molecular weight is 320 g/mol. The lowest BCUT2D eigenvalue weighted by atomic mass is 10.4. The number of halogens is 3. The topological polar surface area (TPSA) is 95.7 Å². The van der Waals surface area contributed by atoms with Crippen LogP contribution in [0.25, 0.3) is 0 Å². The Kier molecular flexibility index (Phi) is 4.35. The second-order valence-electron chi connectivity index (χ2n) is 3.55. The zero-order valence-electron chi connectivity index (χ0n) is 10.4.